The van der Waals surface area contributed by atoms with E-state index in [1.807, 2.05) is 6.92 Å². The van der Waals surface area contributed by atoms with E-state index < -0.39 is 11.6 Å². The fraction of sp³-hybridized carbons (Fsp3) is 0.292. The number of hydrogen-bond acceptors (Lipinski definition) is 4. The first kappa shape index (κ1) is 22.9. The monoisotopic (exact) mass is 473 g/mol. The molecule has 172 valence electrons. The molecule has 1 aromatic heterocycles. The van der Waals surface area contributed by atoms with E-state index in [2.05, 4.69) is 4.98 Å². The minimum atomic E-state index is -0.718. The second-order valence-corrected chi connectivity index (χ2v) is 8.18. The molecule has 4 rings (SSSR count). The van der Waals surface area contributed by atoms with Crippen molar-refractivity contribution in [3.05, 3.63) is 64.7 Å². The summed E-state index contributed by atoms with van der Waals surface area (Å²) in [5.74, 6) is -1.63. The molecule has 0 radical (unpaired) electrons. The summed E-state index contributed by atoms with van der Waals surface area (Å²) in [4.78, 5) is 32.8. The minimum absolute atomic E-state index is 0.196. The van der Waals surface area contributed by atoms with Crippen LogP contribution in [0.2, 0.25) is 5.02 Å². The zero-order chi connectivity index (χ0) is 23.5. The number of hydrogen-bond donors (Lipinski definition) is 0. The summed E-state index contributed by atoms with van der Waals surface area (Å²) in [5.41, 5.74) is 1.40. The van der Waals surface area contributed by atoms with Crippen LogP contribution in [-0.4, -0.2) is 59.6 Å². The van der Waals surface area contributed by atoms with Crippen molar-refractivity contribution in [3.63, 3.8) is 0 Å². The van der Waals surface area contributed by atoms with E-state index in [4.69, 9.17) is 16.3 Å². The lowest BCUT2D eigenvalue weighted by Gasteiger charge is -2.34. The Kier molecular flexibility index (Phi) is 6.74. The van der Waals surface area contributed by atoms with Crippen LogP contribution in [0.4, 0.5) is 13.6 Å². The standard InChI is InChI=1S/C24H22ClF2N3O3/c1-2-9-33-24(32)30-7-5-29(6-8-30)23(31)15-3-4-19-20(25)14-21(28-22(19)12-15)16-10-17(26)13-18(27)11-16/h3-4,10-14H,2,5-9H2,1H3. The molecule has 0 aliphatic carbocycles. The molecule has 2 heterocycles. The van der Waals surface area contributed by atoms with E-state index in [0.717, 1.165) is 12.5 Å². The van der Waals surface area contributed by atoms with Crippen LogP contribution in [0.3, 0.4) is 0 Å². The second-order valence-electron chi connectivity index (χ2n) is 7.77. The summed E-state index contributed by atoms with van der Waals surface area (Å²) in [7, 11) is 0. The third-order valence-electron chi connectivity index (χ3n) is 5.42. The molecule has 6 nitrogen and oxygen atoms in total. The number of pyridine rings is 1. The molecule has 33 heavy (non-hydrogen) atoms. The van der Waals surface area contributed by atoms with E-state index in [0.29, 0.717) is 60.0 Å². The molecule has 1 aliphatic rings. The highest BCUT2D eigenvalue weighted by molar-refractivity contribution is 6.35. The van der Waals surface area contributed by atoms with Crippen molar-refractivity contribution in [2.24, 2.45) is 0 Å². The Morgan fingerprint density at radius 3 is 2.33 bits per heavy atom. The Bertz CT molecular complexity index is 1190. The lowest BCUT2D eigenvalue weighted by atomic mass is 10.1. The number of rotatable bonds is 4. The zero-order valence-corrected chi connectivity index (χ0v) is 18.7. The van der Waals surface area contributed by atoms with Gasteiger partial charge in [0.1, 0.15) is 11.6 Å². The molecule has 2 amide bonds. The molecule has 0 N–H and O–H groups in total. The number of halogens is 3. The SMILES string of the molecule is CCCOC(=O)N1CCN(C(=O)c2ccc3c(Cl)cc(-c4cc(F)cc(F)c4)nc3c2)CC1. The number of amides is 2. The molecular formula is C24H22ClF2N3O3. The fourth-order valence-corrected chi connectivity index (χ4v) is 3.99. The number of nitrogens with zero attached hydrogens (tertiary/aromatic N) is 3. The lowest BCUT2D eigenvalue weighted by Crippen LogP contribution is -2.50. The molecule has 0 saturated carbocycles. The number of ether oxygens (including phenoxy) is 1. The quantitative estimate of drug-likeness (QED) is 0.526. The van der Waals surface area contributed by atoms with Gasteiger partial charge >= 0.3 is 6.09 Å². The summed E-state index contributed by atoms with van der Waals surface area (Å²) in [6.45, 7) is 3.84. The van der Waals surface area contributed by atoms with Crippen molar-refractivity contribution in [2.75, 3.05) is 32.8 Å². The maximum Gasteiger partial charge on any atom is 0.409 e. The lowest BCUT2D eigenvalue weighted by molar-refractivity contribution is 0.0560. The van der Waals surface area contributed by atoms with Gasteiger partial charge in [0.25, 0.3) is 5.91 Å². The number of aromatic nitrogens is 1. The van der Waals surface area contributed by atoms with Gasteiger partial charge in [-0.15, -0.1) is 0 Å². The summed E-state index contributed by atoms with van der Waals surface area (Å²) in [6, 6.07) is 9.65. The first-order chi connectivity index (χ1) is 15.9. The Labute approximate surface area is 194 Å². The van der Waals surface area contributed by atoms with Crippen LogP contribution in [0.5, 0.6) is 0 Å². The summed E-state index contributed by atoms with van der Waals surface area (Å²) < 4.78 is 32.5. The zero-order valence-electron chi connectivity index (χ0n) is 18.0. The van der Waals surface area contributed by atoms with Crippen LogP contribution in [0, 0.1) is 11.6 Å². The van der Waals surface area contributed by atoms with Crippen molar-refractivity contribution >= 4 is 34.5 Å². The largest absolute Gasteiger partial charge is 0.449 e. The van der Waals surface area contributed by atoms with Gasteiger partial charge in [0, 0.05) is 48.8 Å². The molecule has 0 atom stereocenters. The molecule has 1 fully saturated rings. The molecule has 0 bridgehead atoms. The van der Waals surface area contributed by atoms with Crippen molar-refractivity contribution in [2.45, 2.75) is 13.3 Å². The Hall–Kier alpha value is -3.26. The molecular weight excluding hydrogens is 452 g/mol. The summed E-state index contributed by atoms with van der Waals surface area (Å²) >= 11 is 6.38. The van der Waals surface area contributed by atoms with Gasteiger partial charge in [-0.2, -0.15) is 0 Å². The van der Waals surface area contributed by atoms with Crippen LogP contribution < -0.4 is 0 Å². The van der Waals surface area contributed by atoms with Gasteiger partial charge in [-0.3, -0.25) is 4.79 Å². The maximum absolute atomic E-state index is 13.7. The van der Waals surface area contributed by atoms with Gasteiger partial charge in [-0.25, -0.2) is 18.6 Å². The summed E-state index contributed by atoms with van der Waals surface area (Å²) in [5, 5.41) is 0.982. The van der Waals surface area contributed by atoms with E-state index >= 15 is 0 Å². The van der Waals surface area contributed by atoms with Crippen LogP contribution in [0.1, 0.15) is 23.7 Å². The molecule has 0 spiro atoms. The van der Waals surface area contributed by atoms with Gasteiger partial charge in [-0.1, -0.05) is 24.6 Å². The fourth-order valence-electron chi connectivity index (χ4n) is 3.72. The third kappa shape index (κ3) is 5.06. The van der Waals surface area contributed by atoms with Gasteiger partial charge in [0.2, 0.25) is 0 Å². The Morgan fingerprint density at radius 2 is 1.67 bits per heavy atom. The first-order valence-electron chi connectivity index (χ1n) is 10.6. The van der Waals surface area contributed by atoms with E-state index in [-0.39, 0.29) is 17.6 Å². The number of carbonyl (C=O) groups is 2. The van der Waals surface area contributed by atoms with E-state index in [1.165, 1.54) is 18.2 Å². The highest BCUT2D eigenvalue weighted by Crippen LogP contribution is 2.30. The summed E-state index contributed by atoms with van der Waals surface area (Å²) in [6.07, 6.45) is 0.384. The Morgan fingerprint density at radius 1 is 1.00 bits per heavy atom. The highest BCUT2D eigenvalue weighted by atomic mass is 35.5. The number of benzene rings is 2. The van der Waals surface area contributed by atoms with Gasteiger partial charge in [0.05, 0.1) is 22.8 Å². The maximum atomic E-state index is 13.7. The van der Waals surface area contributed by atoms with Gasteiger partial charge < -0.3 is 14.5 Å². The molecule has 9 heteroatoms. The van der Waals surface area contributed by atoms with Crippen LogP contribution >= 0.6 is 11.6 Å². The molecule has 2 aromatic carbocycles. The van der Waals surface area contributed by atoms with Gasteiger partial charge in [0.15, 0.2) is 0 Å². The second kappa shape index (κ2) is 9.70. The molecule has 1 aliphatic heterocycles. The Balaban J connectivity index is 1.55. The van der Waals surface area contributed by atoms with Crippen LogP contribution in [0.15, 0.2) is 42.5 Å². The van der Waals surface area contributed by atoms with E-state index in [9.17, 15) is 18.4 Å². The third-order valence-corrected chi connectivity index (χ3v) is 5.73. The molecule has 1 saturated heterocycles. The molecule has 3 aromatic rings. The predicted molar refractivity (Wildman–Crippen MR) is 121 cm³/mol. The predicted octanol–water partition coefficient (Wildman–Crippen LogP) is 5.14. The van der Waals surface area contributed by atoms with Crippen molar-refractivity contribution < 1.29 is 23.1 Å². The highest BCUT2D eigenvalue weighted by Gasteiger charge is 2.26. The van der Waals surface area contributed by atoms with Crippen molar-refractivity contribution in [1.82, 2.24) is 14.8 Å². The van der Waals surface area contributed by atoms with Crippen molar-refractivity contribution in [3.8, 4) is 11.3 Å². The average Bonchev–Trinajstić information content (AvgIpc) is 2.81. The number of piperazine rings is 1. The van der Waals surface area contributed by atoms with Crippen molar-refractivity contribution in [1.29, 1.82) is 0 Å². The normalized spacial score (nSPS) is 13.9. The van der Waals surface area contributed by atoms with Crippen LogP contribution in [0.25, 0.3) is 22.2 Å². The topological polar surface area (TPSA) is 62.7 Å². The minimum Gasteiger partial charge on any atom is -0.449 e. The van der Waals surface area contributed by atoms with E-state index in [1.54, 1.807) is 28.0 Å². The average molecular weight is 474 g/mol. The van der Waals surface area contributed by atoms with Crippen LogP contribution in [-0.2, 0) is 4.74 Å². The number of fused-ring (bicyclic) bond motifs is 1. The molecule has 0 unspecified atom stereocenters. The smallest absolute Gasteiger partial charge is 0.409 e. The first-order valence-corrected chi connectivity index (χ1v) is 11.0. The number of carbonyl (C=O) groups excluding carboxylic acids is 2. The van der Waals surface area contributed by atoms with Gasteiger partial charge in [-0.05, 0) is 36.8 Å².